The summed E-state index contributed by atoms with van der Waals surface area (Å²) < 4.78 is 0. The molecule has 1 N–H and O–H groups in total. The summed E-state index contributed by atoms with van der Waals surface area (Å²) >= 11 is 0. The normalized spacial score (nSPS) is 11.7. The molecule has 6 nitrogen and oxygen atoms in total. The van der Waals surface area contributed by atoms with Crippen LogP contribution in [0.15, 0.2) is 36.7 Å². The molecule has 1 aromatic heterocycles. The first kappa shape index (κ1) is 18.7. The molecule has 0 radical (unpaired) electrons. The minimum Gasteiger partial charge on any atom is -0.347 e. The molecule has 0 saturated heterocycles. The molecular formula is C19H27N5O. The number of rotatable bonds is 6. The van der Waals surface area contributed by atoms with E-state index in [0.717, 1.165) is 5.56 Å². The van der Waals surface area contributed by atoms with Gasteiger partial charge in [0.2, 0.25) is 5.95 Å². The summed E-state index contributed by atoms with van der Waals surface area (Å²) in [7, 11) is 5.56. The summed E-state index contributed by atoms with van der Waals surface area (Å²) in [5.41, 5.74) is 3.36. The number of urea groups is 1. The monoisotopic (exact) mass is 341 g/mol. The molecule has 25 heavy (non-hydrogen) atoms. The number of nitrogens with one attached hydrogen (secondary N) is 1. The Kier molecular flexibility index (Phi) is 6.33. The van der Waals surface area contributed by atoms with Gasteiger partial charge in [0.05, 0.1) is 6.54 Å². The third kappa shape index (κ3) is 5.45. The van der Waals surface area contributed by atoms with Gasteiger partial charge in [-0.15, -0.1) is 0 Å². The minimum absolute atomic E-state index is 0.101. The number of amides is 2. The number of nitrogens with zero attached hydrogens (tertiary/aromatic N) is 4. The van der Waals surface area contributed by atoms with Gasteiger partial charge in [-0.25, -0.2) is 14.8 Å². The number of anilines is 1. The maximum absolute atomic E-state index is 12.3. The zero-order chi connectivity index (χ0) is 18.4. The lowest BCUT2D eigenvalue weighted by Gasteiger charge is -2.20. The van der Waals surface area contributed by atoms with Crippen LogP contribution in [-0.4, -0.2) is 48.6 Å². The third-order valence-corrected chi connectivity index (χ3v) is 4.03. The Morgan fingerprint density at radius 3 is 2.48 bits per heavy atom. The van der Waals surface area contributed by atoms with E-state index in [1.807, 2.05) is 25.1 Å². The number of hydrogen-bond acceptors (Lipinski definition) is 4. The fourth-order valence-electron chi connectivity index (χ4n) is 2.48. The van der Waals surface area contributed by atoms with Gasteiger partial charge in [-0.3, -0.25) is 0 Å². The van der Waals surface area contributed by atoms with Crippen LogP contribution >= 0.6 is 0 Å². The third-order valence-electron chi connectivity index (χ3n) is 4.03. The number of benzene rings is 1. The Morgan fingerprint density at radius 1 is 1.20 bits per heavy atom. The molecule has 0 bridgehead atoms. The van der Waals surface area contributed by atoms with Gasteiger partial charge in [0, 0.05) is 45.6 Å². The predicted molar refractivity (Wildman–Crippen MR) is 101 cm³/mol. The van der Waals surface area contributed by atoms with Crippen molar-refractivity contribution in [2.24, 2.45) is 0 Å². The van der Waals surface area contributed by atoms with Gasteiger partial charge < -0.3 is 15.1 Å². The first-order valence-corrected chi connectivity index (χ1v) is 8.40. The van der Waals surface area contributed by atoms with Gasteiger partial charge in [0.25, 0.3) is 0 Å². The van der Waals surface area contributed by atoms with Crippen molar-refractivity contribution in [1.29, 1.82) is 0 Å². The second kappa shape index (κ2) is 8.46. The van der Waals surface area contributed by atoms with E-state index in [2.05, 4.69) is 47.3 Å². The molecule has 0 aliphatic rings. The van der Waals surface area contributed by atoms with Crippen LogP contribution in [0.25, 0.3) is 0 Å². The molecule has 2 rings (SSSR count). The molecule has 1 atom stereocenters. The predicted octanol–water partition coefficient (Wildman–Crippen LogP) is 2.80. The maximum atomic E-state index is 12.3. The minimum atomic E-state index is -0.101. The van der Waals surface area contributed by atoms with Crippen molar-refractivity contribution in [2.45, 2.75) is 26.3 Å². The highest BCUT2D eigenvalue weighted by molar-refractivity contribution is 5.73. The zero-order valence-corrected chi connectivity index (χ0v) is 15.7. The highest BCUT2D eigenvalue weighted by atomic mass is 16.2. The fourth-order valence-corrected chi connectivity index (χ4v) is 2.48. The van der Waals surface area contributed by atoms with Gasteiger partial charge >= 0.3 is 6.03 Å². The first-order valence-electron chi connectivity index (χ1n) is 8.40. The zero-order valence-electron chi connectivity index (χ0n) is 15.7. The van der Waals surface area contributed by atoms with Gasteiger partial charge in [-0.2, -0.15) is 0 Å². The lowest BCUT2D eigenvalue weighted by Crippen LogP contribution is -2.38. The van der Waals surface area contributed by atoms with Crippen LogP contribution < -0.4 is 10.2 Å². The second-order valence-electron chi connectivity index (χ2n) is 6.64. The van der Waals surface area contributed by atoms with Crippen LogP contribution in [0, 0.1) is 6.92 Å². The van der Waals surface area contributed by atoms with E-state index in [1.165, 1.54) is 11.1 Å². The van der Waals surface area contributed by atoms with E-state index in [0.29, 0.717) is 19.0 Å². The summed E-state index contributed by atoms with van der Waals surface area (Å²) in [4.78, 5) is 24.3. The average Bonchev–Trinajstić information content (AvgIpc) is 2.59. The average molecular weight is 341 g/mol. The molecular weight excluding hydrogens is 314 g/mol. The van der Waals surface area contributed by atoms with Crippen LogP contribution in [0.3, 0.4) is 0 Å². The number of aryl methyl sites for hydroxylation is 1. The van der Waals surface area contributed by atoms with Gasteiger partial charge in [0.1, 0.15) is 0 Å². The maximum Gasteiger partial charge on any atom is 0.317 e. The first-order chi connectivity index (χ1) is 11.9. The van der Waals surface area contributed by atoms with Crippen molar-refractivity contribution in [3.63, 3.8) is 0 Å². The van der Waals surface area contributed by atoms with Crippen LogP contribution in [0.2, 0.25) is 0 Å². The quantitative estimate of drug-likeness (QED) is 0.878. The number of hydrogen-bond donors (Lipinski definition) is 1. The van der Waals surface area contributed by atoms with Crippen molar-refractivity contribution < 1.29 is 4.79 Å². The van der Waals surface area contributed by atoms with E-state index in [9.17, 15) is 4.79 Å². The van der Waals surface area contributed by atoms with E-state index in [1.54, 1.807) is 24.3 Å². The number of aromatic nitrogens is 2. The Balaban J connectivity index is 1.85. The fraction of sp³-hybridized carbons (Fsp3) is 0.421. The molecule has 0 spiro atoms. The molecule has 0 unspecified atom stereocenters. The largest absolute Gasteiger partial charge is 0.347 e. The Labute approximate surface area is 149 Å². The molecule has 0 aliphatic carbocycles. The second-order valence-corrected chi connectivity index (χ2v) is 6.64. The van der Waals surface area contributed by atoms with Crippen molar-refractivity contribution >= 4 is 12.0 Å². The summed E-state index contributed by atoms with van der Waals surface area (Å²) in [6, 6.07) is 8.27. The Morgan fingerprint density at radius 2 is 1.88 bits per heavy atom. The molecule has 2 amide bonds. The van der Waals surface area contributed by atoms with Crippen molar-refractivity contribution in [3.8, 4) is 0 Å². The molecule has 0 fully saturated rings. The lowest BCUT2D eigenvalue weighted by molar-refractivity contribution is 0.206. The lowest BCUT2D eigenvalue weighted by atomic mass is 9.99. The molecule has 2 aromatic rings. The molecule has 134 valence electrons. The van der Waals surface area contributed by atoms with E-state index in [-0.39, 0.29) is 11.9 Å². The van der Waals surface area contributed by atoms with Crippen LogP contribution in [0.5, 0.6) is 0 Å². The van der Waals surface area contributed by atoms with Crippen LogP contribution in [0.4, 0.5) is 10.7 Å². The van der Waals surface area contributed by atoms with Crippen molar-refractivity contribution in [1.82, 2.24) is 20.2 Å². The van der Waals surface area contributed by atoms with Gasteiger partial charge in [-0.05, 0) is 18.4 Å². The molecule has 6 heteroatoms. The number of carbonyl (C=O) groups excluding carboxylic acids is 1. The summed E-state index contributed by atoms with van der Waals surface area (Å²) in [6.07, 6.45) is 3.50. The SMILES string of the molecule is Cc1cccc([C@@H](C)CNC(=O)N(C)Cc2cnc(N(C)C)nc2)c1. The van der Waals surface area contributed by atoms with Gasteiger partial charge in [0.15, 0.2) is 0 Å². The van der Waals surface area contributed by atoms with Crippen molar-refractivity contribution in [2.75, 3.05) is 32.6 Å². The standard InChI is InChI=1S/C19H27N5O/c1-14-7-6-8-17(9-14)15(2)10-22-19(25)24(5)13-16-11-20-18(21-12-16)23(3)4/h6-9,11-12,15H,10,13H2,1-5H3,(H,22,25)/t15-/m0/s1. The smallest absolute Gasteiger partial charge is 0.317 e. The Bertz CT molecular complexity index is 699. The van der Waals surface area contributed by atoms with Crippen molar-refractivity contribution in [3.05, 3.63) is 53.3 Å². The molecule has 0 aliphatic heterocycles. The molecule has 1 aromatic carbocycles. The molecule has 1 heterocycles. The van der Waals surface area contributed by atoms with Crippen LogP contribution in [-0.2, 0) is 6.54 Å². The van der Waals surface area contributed by atoms with E-state index >= 15 is 0 Å². The summed E-state index contributed by atoms with van der Waals surface area (Å²) in [5.74, 6) is 0.919. The van der Waals surface area contributed by atoms with E-state index < -0.39 is 0 Å². The van der Waals surface area contributed by atoms with Crippen LogP contribution in [0.1, 0.15) is 29.5 Å². The molecule has 0 saturated carbocycles. The summed E-state index contributed by atoms with van der Waals surface area (Å²) in [5, 5.41) is 2.99. The topological polar surface area (TPSA) is 61.4 Å². The van der Waals surface area contributed by atoms with E-state index in [4.69, 9.17) is 0 Å². The highest BCUT2D eigenvalue weighted by Gasteiger charge is 2.12. The number of carbonyl (C=O) groups is 1. The Hall–Kier alpha value is -2.63. The highest BCUT2D eigenvalue weighted by Crippen LogP contribution is 2.15. The van der Waals surface area contributed by atoms with Gasteiger partial charge in [-0.1, -0.05) is 36.8 Å². The summed E-state index contributed by atoms with van der Waals surface area (Å²) in [6.45, 7) is 5.26.